The van der Waals surface area contributed by atoms with Crippen LogP contribution in [-0.2, 0) is 17.6 Å². The predicted molar refractivity (Wildman–Crippen MR) is 94.4 cm³/mol. The fourth-order valence-corrected chi connectivity index (χ4v) is 3.67. The smallest absolute Gasteiger partial charge is 0.352 e. The average molecular weight is 383 g/mol. The van der Waals surface area contributed by atoms with Crippen LogP contribution in [0.3, 0.4) is 0 Å². The Labute approximate surface area is 156 Å². The van der Waals surface area contributed by atoms with Crippen molar-refractivity contribution < 1.29 is 22.8 Å². The molecule has 0 aromatic heterocycles. The molecule has 0 spiro atoms. The minimum absolute atomic E-state index is 0.0741. The van der Waals surface area contributed by atoms with E-state index in [-0.39, 0.29) is 24.9 Å². The summed E-state index contributed by atoms with van der Waals surface area (Å²) in [5.74, 6) is -1.86. The highest BCUT2D eigenvalue weighted by Gasteiger charge is 2.43. The monoisotopic (exact) mass is 383 g/mol. The summed E-state index contributed by atoms with van der Waals surface area (Å²) in [6, 6.07) is 5.75. The van der Waals surface area contributed by atoms with Gasteiger partial charge in [0, 0.05) is 25.2 Å². The summed E-state index contributed by atoms with van der Waals surface area (Å²) in [5, 5.41) is 6.22. The maximum Gasteiger partial charge on any atom is 0.471 e. The maximum atomic E-state index is 12.5. The lowest BCUT2D eigenvalue weighted by molar-refractivity contribution is -0.186. The highest BCUT2D eigenvalue weighted by Crippen LogP contribution is 2.23. The molecule has 0 unspecified atom stereocenters. The number of carbonyl (C=O) groups excluding carboxylic acids is 2. The molecule has 2 N–H and O–H groups in total. The molecular formula is C19H24F3N3O2. The van der Waals surface area contributed by atoms with Gasteiger partial charge in [0.15, 0.2) is 0 Å². The minimum atomic E-state index is -4.82. The van der Waals surface area contributed by atoms with Crippen LogP contribution in [-0.4, -0.2) is 55.6 Å². The van der Waals surface area contributed by atoms with Crippen LogP contribution >= 0.6 is 0 Å². The lowest BCUT2D eigenvalue weighted by Crippen LogP contribution is -2.46. The van der Waals surface area contributed by atoms with Gasteiger partial charge in [0.1, 0.15) is 0 Å². The lowest BCUT2D eigenvalue weighted by Gasteiger charge is -2.32. The van der Waals surface area contributed by atoms with Gasteiger partial charge in [-0.25, -0.2) is 0 Å². The number of hydrogen-bond donors (Lipinski definition) is 2. The molecule has 2 aliphatic rings. The van der Waals surface area contributed by atoms with Gasteiger partial charge >= 0.3 is 12.1 Å². The van der Waals surface area contributed by atoms with E-state index in [0.717, 1.165) is 30.8 Å². The number of hydrogen-bond acceptors (Lipinski definition) is 3. The van der Waals surface area contributed by atoms with Gasteiger partial charge in [-0.2, -0.15) is 13.2 Å². The van der Waals surface area contributed by atoms with Crippen molar-refractivity contribution in [3.63, 3.8) is 0 Å². The summed E-state index contributed by atoms with van der Waals surface area (Å²) in [6.45, 7) is 2.39. The van der Waals surface area contributed by atoms with Gasteiger partial charge in [-0.05, 0) is 68.0 Å². The van der Waals surface area contributed by atoms with E-state index in [0.29, 0.717) is 24.9 Å². The van der Waals surface area contributed by atoms with Gasteiger partial charge in [0.25, 0.3) is 5.91 Å². The van der Waals surface area contributed by atoms with E-state index < -0.39 is 12.1 Å². The summed E-state index contributed by atoms with van der Waals surface area (Å²) in [4.78, 5) is 24.5. The van der Waals surface area contributed by atoms with Crippen molar-refractivity contribution in [1.29, 1.82) is 0 Å². The van der Waals surface area contributed by atoms with Gasteiger partial charge in [-0.3, -0.25) is 9.59 Å². The zero-order chi connectivity index (χ0) is 19.4. The molecule has 0 radical (unpaired) electrons. The van der Waals surface area contributed by atoms with Crippen LogP contribution in [0.5, 0.6) is 0 Å². The zero-order valence-corrected chi connectivity index (χ0v) is 15.1. The van der Waals surface area contributed by atoms with Crippen LogP contribution in [0.1, 0.15) is 34.3 Å². The number of halogens is 3. The van der Waals surface area contributed by atoms with Crippen molar-refractivity contribution in [2.75, 3.05) is 32.7 Å². The number of fused-ring (bicyclic) bond motifs is 1. The molecule has 1 saturated heterocycles. The van der Waals surface area contributed by atoms with Crippen LogP contribution in [0.4, 0.5) is 13.2 Å². The van der Waals surface area contributed by atoms with E-state index in [4.69, 9.17) is 0 Å². The number of rotatable bonds is 3. The number of benzene rings is 1. The second-order valence-corrected chi connectivity index (χ2v) is 7.18. The van der Waals surface area contributed by atoms with Crippen LogP contribution < -0.4 is 10.6 Å². The molecule has 148 valence electrons. The van der Waals surface area contributed by atoms with Crippen molar-refractivity contribution in [2.45, 2.75) is 31.9 Å². The standard InChI is InChI=1S/C19H24F3N3O2/c20-19(21,22)18(27)25-9-5-13(6-10-25)12-24-17(26)16-2-1-14-3-7-23-8-4-15(14)11-16/h1-2,11,13,23H,3-10,12H2,(H,24,26). The molecule has 1 aromatic carbocycles. The summed E-state index contributed by atoms with van der Waals surface area (Å²) >= 11 is 0. The first-order valence-electron chi connectivity index (χ1n) is 9.31. The van der Waals surface area contributed by atoms with Gasteiger partial charge in [0.2, 0.25) is 0 Å². The Kier molecular flexibility index (Phi) is 6.04. The highest BCUT2D eigenvalue weighted by molar-refractivity contribution is 5.94. The van der Waals surface area contributed by atoms with Crippen LogP contribution in [0.2, 0.25) is 0 Å². The minimum Gasteiger partial charge on any atom is -0.352 e. The largest absolute Gasteiger partial charge is 0.471 e. The fraction of sp³-hybridized carbons (Fsp3) is 0.579. The maximum absolute atomic E-state index is 12.5. The van der Waals surface area contributed by atoms with E-state index in [1.54, 1.807) is 0 Å². The van der Waals surface area contributed by atoms with E-state index in [2.05, 4.69) is 10.6 Å². The first-order chi connectivity index (χ1) is 12.8. The molecule has 0 atom stereocenters. The van der Waals surface area contributed by atoms with Crippen molar-refractivity contribution in [2.24, 2.45) is 5.92 Å². The number of piperidine rings is 1. The molecule has 0 aliphatic carbocycles. The van der Waals surface area contributed by atoms with E-state index in [9.17, 15) is 22.8 Å². The molecule has 27 heavy (non-hydrogen) atoms. The van der Waals surface area contributed by atoms with Crippen molar-refractivity contribution >= 4 is 11.8 Å². The molecule has 2 aliphatic heterocycles. The Bertz CT molecular complexity index is 698. The van der Waals surface area contributed by atoms with E-state index >= 15 is 0 Å². The first-order valence-corrected chi connectivity index (χ1v) is 9.31. The third-order valence-electron chi connectivity index (χ3n) is 5.31. The van der Waals surface area contributed by atoms with Crippen molar-refractivity contribution in [3.8, 4) is 0 Å². The SMILES string of the molecule is O=C(NCC1CCN(C(=O)C(F)(F)F)CC1)c1ccc2c(c1)CCNCC2. The number of carbonyl (C=O) groups is 2. The normalized spacial score (nSPS) is 18.6. The average Bonchev–Trinajstić information content (AvgIpc) is 2.90. The molecule has 3 rings (SSSR count). The van der Waals surface area contributed by atoms with Gasteiger partial charge in [-0.15, -0.1) is 0 Å². The Morgan fingerprint density at radius 2 is 1.78 bits per heavy atom. The van der Waals surface area contributed by atoms with Crippen molar-refractivity contribution in [1.82, 2.24) is 15.5 Å². The third-order valence-corrected chi connectivity index (χ3v) is 5.31. The first kappa shape index (κ1) is 19.7. The Balaban J connectivity index is 1.49. The fourth-order valence-electron chi connectivity index (χ4n) is 3.67. The Morgan fingerprint density at radius 1 is 1.11 bits per heavy atom. The third kappa shape index (κ3) is 5.00. The quantitative estimate of drug-likeness (QED) is 0.838. The number of alkyl halides is 3. The molecule has 8 heteroatoms. The highest BCUT2D eigenvalue weighted by atomic mass is 19.4. The van der Waals surface area contributed by atoms with Gasteiger partial charge in [-0.1, -0.05) is 6.07 Å². The van der Waals surface area contributed by atoms with Crippen molar-refractivity contribution in [3.05, 3.63) is 34.9 Å². The van der Waals surface area contributed by atoms with E-state index in [1.165, 1.54) is 11.1 Å². The van der Waals surface area contributed by atoms with Crippen LogP contribution in [0.25, 0.3) is 0 Å². The summed E-state index contributed by atoms with van der Waals surface area (Å²) in [6.07, 6.45) is -2.06. The topological polar surface area (TPSA) is 61.4 Å². The van der Waals surface area contributed by atoms with E-state index in [1.807, 2.05) is 18.2 Å². The number of amides is 2. The second kappa shape index (κ2) is 8.29. The Hall–Kier alpha value is -2.09. The van der Waals surface area contributed by atoms with Gasteiger partial charge < -0.3 is 15.5 Å². The number of nitrogens with one attached hydrogen (secondary N) is 2. The van der Waals surface area contributed by atoms with Gasteiger partial charge in [0.05, 0.1) is 0 Å². The summed E-state index contributed by atoms with van der Waals surface area (Å²) in [5.41, 5.74) is 3.06. The molecule has 5 nitrogen and oxygen atoms in total. The molecule has 0 saturated carbocycles. The summed E-state index contributed by atoms with van der Waals surface area (Å²) in [7, 11) is 0. The lowest BCUT2D eigenvalue weighted by atomic mass is 9.96. The predicted octanol–water partition coefficient (Wildman–Crippen LogP) is 1.91. The Morgan fingerprint density at radius 3 is 2.44 bits per heavy atom. The molecular weight excluding hydrogens is 359 g/mol. The second-order valence-electron chi connectivity index (χ2n) is 7.18. The number of nitrogens with zero attached hydrogens (tertiary/aromatic N) is 1. The van der Waals surface area contributed by atoms with Crippen LogP contribution in [0.15, 0.2) is 18.2 Å². The summed E-state index contributed by atoms with van der Waals surface area (Å²) < 4.78 is 37.4. The number of likely N-dealkylation sites (tertiary alicyclic amines) is 1. The van der Waals surface area contributed by atoms with Crippen LogP contribution in [0, 0.1) is 5.92 Å². The molecule has 1 fully saturated rings. The molecule has 0 bridgehead atoms. The molecule has 2 amide bonds. The molecule has 2 heterocycles. The zero-order valence-electron chi connectivity index (χ0n) is 15.1. The molecule has 1 aromatic rings.